The van der Waals surface area contributed by atoms with Gasteiger partial charge in [-0.2, -0.15) is 5.10 Å². The number of hydrogen-bond donors (Lipinski definition) is 2. The largest absolute Gasteiger partial charge is 0.382 e. The second kappa shape index (κ2) is 4.25. The molecule has 0 spiro atoms. The number of halogens is 1. The molecular weight excluding hydrogens is 223 g/mol. The van der Waals surface area contributed by atoms with Gasteiger partial charge < -0.3 is 10.6 Å². The quantitative estimate of drug-likeness (QED) is 0.824. The van der Waals surface area contributed by atoms with E-state index < -0.39 is 11.7 Å². The van der Waals surface area contributed by atoms with Crippen molar-refractivity contribution >= 4 is 17.4 Å². The van der Waals surface area contributed by atoms with Crippen molar-refractivity contribution < 1.29 is 9.18 Å². The van der Waals surface area contributed by atoms with Crippen LogP contribution in [0.5, 0.6) is 0 Å². The summed E-state index contributed by atoms with van der Waals surface area (Å²) in [5.41, 5.74) is 5.81. The molecule has 0 saturated heterocycles. The van der Waals surface area contributed by atoms with Gasteiger partial charge in [0.05, 0.1) is 5.69 Å². The minimum Gasteiger partial charge on any atom is -0.382 e. The Morgan fingerprint density at radius 2 is 2.18 bits per heavy atom. The molecule has 0 aliphatic carbocycles. The van der Waals surface area contributed by atoms with Gasteiger partial charge in [0.1, 0.15) is 17.3 Å². The van der Waals surface area contributed by atoms with Crippen LogP contribution < -0.4 is 10.6 Å². The monoisotopic (exact) mass is 234 g/mol. The molecule has 5 nitrogen and oxygen atoms in total. The summed E-state index contributed by atoms with van der Waals surface area (Å²) in [7, 11) is 1.48. The molecule has 88 valence electrons. The van der Waals surface area contributed by atoms with Gasteiger partial charge in [-0.1, -0.05) is 12.1 Å². The lowest BCUT2D eigenvalue weighted by molar-refractivity contribution is 0.0987. The maximum Gasteiger partial charge on any atom is 0.276 e. The van der Waals surface area contributed by atoms with E-state index in [0.29, 0.717) is 0 Å². The predicted molar refractivity (Wildman–Crippen MR) is 62.1 cm³/mol. The highest BCUT2D eigenvalue weighted by molar-refractivity contribution is 6.04. The normalized spacial score (nSPS) is 10.2. The minimum absolute atomic E-state index is 0.200. The second-order valence-corrected chi connectivity index (χ2v) is 3.52. The number of nitrogens with zero attached hydrogens (tertiary/aromatic N) is 2. The fraction of sp³-hybridized carbons (Fsp3) is 0.0909. The summed E-state index contributed by atoms with van der Waals surface area (Å²) in [4.78, 5) is 13.1. The maximum absolute atomic E-state index is 13.5. The van der Waals surface area contributed by atoms with Crippen molar-refractivity contribution in [2.24, 2.45) is 0 Å². The number of nitrogen functional groups attached to an aromatic ring is 1. The van der Waals surface area contributed by atoms with E-state index in [1.165, 1.54) is 30.1 Å². The van der Waals surface area contributed by atoms with Crippen molar-refractivity contribution in [2.75, 3.05) is 17.7 Å². The summed E-state index contributed by atoms with van der Waals surface area (Å²) in [5.74, 6) is -0.648. The zero-order valence-electron chi connectivity index (χ0n) is 9.14. The zero-order chi connectivity index (χ0) is 12.4. The topological polar surface area (TPSA) is 75.0 Å². The van der Waals surface area contributed by atoms with Crippen LogP contribution >= 0.6 is 0 Å². The summed E-state index contributed by atoms with van der Waals surface area (Å²) in [6.07, 6.45) is 0. The van der Waals surface area contributed by atoms with Gasteiger partial charge in [0.2, 0.25) is 0 Å². The molecule has 2 rings (SSSR count). The highest BCUT2D eigenvalue weighted by Gasteiger charge is 2.17. The lowest BCUT2D eigenvalue weighted by Crippen LogP contribution is -2.27. The molecule has 2 aromatic rings. The van der Waals surface area contributed by atoms with Crippen molar-refractivity contribution in [3.63, 3.8) is 0 Å². The maximum atomic E-state index is 13.5. The van der Waals surface area contributed by atoms with Crippen molar-refractivity contribution in [1.82, 2.24) is 10.2 Å². The van der Waals surface area contributed by atoms with E-state index in [-0.39, 0.29) is 17.2 Å². The molecule has 1 heterocycles. The molecule has 1 aromatic heterocycles. The van der Waals surface area contributed by atoms with Crippen LogP contribution in [0.3, 0.4) is 0 Å². The molecule has 6 heteroatoms. The summed E-state index contributed by atoms with van der Waals surface area (Å²) in [6, 6.07) is 7.43. The number of aromatic amines is 1. The third kappa shape index (κ3) is 2.10. The number of rotatable bonds is 2. The molecule has 0 atom stereocenters. The number of anilines is 2. The first-order chi connectivity index (χ1) is 8.09. The van der Waals surface area contributed by atoms with Gasteiger partial charge in [-0.05, 0) is 12.1 Å². The minimum atomic E-state index is -0.462. The summed E-state index contributed by atoms with van der Waals surface area (Å²) >= 11 is 0. The van der Waals surface area contributed by atoms with E-state index in [1.54, 1.807) is 12.1 Å². The van der Waals surface area contributed by atoms with Gasteiger partial charge in [0, 0.05) is 13.1 Å². The first-order valence-electron chi connectivity index (χ1n) is 4.93. The number of carbonyl (C=O) groups excluding carboxylic acids is 1. The summed E-state index contributed by atoms with van der Waals surface area (Å²) < 4.78 is 13.5. The molecule has 1 amide bonds. The molecule has 3 N–H and O–H groups in total. The lowest BCUT2D eigenvalue weighted by Gasteiger charge is -2.16. The highest BCUT2D eigenvalue weighted by Crippen LogP contribution is 2.19. The Bertz CT molecular complexity index is 552. The Morgan fingerprint density at radius 3 is 2.76 bits per heavy atom. The first kappa shape index (κ1) is 11.1. The summed E-state index contributed by atoms with van der Waals surface area (Å²) in [5, 5.41) is 6.13. The number of hydrogen-bond acceptors (Lipinski definition) is 3. The van der Waals surface area contributed by atoms with E-state index in [9.17, 15) is 9.18 Å². The Morgan fingerprint density at radius 1 is 1.47 bits per heavy atom. The molecule has 0 aliphatic rings. The molecule has 0 fully saturated rings. The van der Waals surface area contributed by atoms with Crippen LogP contribution in [0.15, 0.2) is 30.3 Å². The van der Waals surface area contributed by atoms with Crippen molar-refractivity contribution in [3.05, 3.63) is 41.8 Å². The van der Waals surface area contributed by atoms with E-state index >= 15 is 0 Å². The zero-order valence-corrected chi connectivity index (χ0v) is 9.14. The van der Waals surface area contributed by atoms with Crippen LogP contribution in [0, 0.1) is 5.82 Å². The molecule has 0 saturated carbocycles. The highest BCUT2D eigenvalue weighted by atomic mass is 19.1. The lowest BCUT2D eigenvalue weighted by atomic mass is 10.2. The Labute approximate surface area is 97.0 Å². The van der Waals surface area contributed by atoms with Crippen molar-refractivity contribution in [2.45, 2.75) is 0 Å². The van der Waals surface area contributed by atoms with Crippen LogP contribution in [0.4, 0.5) is 15.9 Å². The van der Waals surface area contributed by atoms with Crippen molar-refractivity contribution in [3.8, 4) is 0 Å². The van der Waals surface area contributed by atoms with Gasteiger partial charge in [-0.3, -0.25) is 9.89 Å². The first-order valence-corrected chi connectivity index (χ1v) is 4.93. The number of amides is 1. The molecular formula is C11H11FN4O. The number of carbonyl (C=O) groups is 1. The number of aromatic nitrogens is 2. The third-order valence-electron chi connectivity index (χ3n) is 2.35. The van der Waals surface area contributed by atoms with E-state index in [0.717, 1.165) is 0 Å². The van der Waals surface area contributed by atoms with Crippen LogP contribution in [-0.2, 0) is 0 Å². The molecule has 0 bridgehead atoms. The number of H-pyrrole nitrogens is 1. The van der Waals surface area contributed by atoms with E-state index in [2.05, 4.69) is 10.2 Å². The Hall–Kier alpha value is -2.37. The molecule has 0 unspecified atom stereocenters. The number of benzene rings is 1. The number of nitrogens with one attached hydrogen (secondary N) is 1. The van der Waals surface area contributed by atoms with E-state index in [4.69, 9.17) is 5.73 Å². The second-order valence-electron chi connectivity index (χ2n) is 3.52. The van der Waals surface area contributed by atoms with Crippen LogP contribution in [0.2, 0.25) is 0 Å². The molecule has 1 aromatic carbocycles. The van der Waals surface area contributed by atoms with Gasteiger partial charge in [-0.15, -0.1) is 0 Å². The Kier molecular flexibility index (Phi) is 2.78. The van der Waals surface area contributed by atoms with Crippen molar-refractivity contribution in [1.29, 1.82) is 0 Å². The van der Waals surface area contributed by atoms with E-state index in [1.807, 2.05) is 0 Å². The van der Waals surface area contributed by atoms with Crippen LogP contribution in [-0.4, -0.2) is 23.2 Å². The molecule has 17 heavy (non-hydrogen) atoms. The number of para-hydroxylation sites is 1. The fourth-order valence-corrected chi connectivity index (χ4v) is 1.46. The molecule has 0 radical (unpaired) electrons. The van der Waals surface area contributed by atoms with Gasteiger partial charge in [0.15, 0.2) is 0 Å². The average Bonchev–Trinajstić information content (AvgIpc) is 2.75. The Balaban J connectivity index is 2.29. The standard InChI is InChI=1S/C11H11FN4O/c1-16(9-5-3-2-4-7(9)12)11(17)8-6-10(13)15-14-8/h2-6H,1H3,(H3,13,14,15). The van der Waals surface area contributed by atoms with Crippen LogP contribution in [0.1, 0.15) is 10.5 Å². The van der Waals surface area contributed by atoms with Gasteiger partial charge in [-0.25, -0.2) is 4.39 Å². The van der Waals surface area contributed by atoms with Gasteiger partial charge >= 0.3 is 0 Å². The SMILES string of the molecule is CN(C(=O)c1cc(N)n[nH]1)c1ccccc1F. The fourth-order valence-electron chi connectivity index (χ4n) is 1.46. The average molecular weight is 234 g/mol. The molecule has 0 aliphatic heterocycles. The van der Waals surface area contributed by atoms with Crippen LogP contribution in [0.25, 0.3) is 0 Å². The smallest absolute Gasteiger partial charge is 0.276 e. The predicted octanol–water partition coefficient (Wildman–Crippen LogP) is 1.41. The third-order valence-corrected chi connectivity index (χ3v) is 2.35. The van der Waals surface area contributed by atoms with Gasteiger partial charge in [0.25, 0.3) is 5.91 Å². The summed E-state index contributed by atoms with van der Waals surface area (Å²) in [6.45, 7) is 0. The number of nitrogens with two attached hydrogens (primary N) is 1.